The van der Waals surface area contributed by atoms with Gasteiger partial charge in [0.15, 0.2) is 0 Å². The minimum atomic E-state index is -0.169. The second-order valence-corrected chi connectivity index (χ2v) is 6.73. The van der Waals surface area contributed by atoms with Crippen LogP contribution in [-0.2, 0) is 11.2 Å². The van der Waals surface area contributed by atoms with Gasteiger partial charge in [-0.1, -0.05) is 78.7 Å². The molecule has 3 nitrogen and oxygen atoms in total. The van der Waals surface area contributed by atoms with Crippen LogP contribution in [0.25, 0.3) is 10.8 Å². The number of nitrogens with zero attached hydrogens (tertiary/aromatic N) is 1. The molecule has 0 saturated heterocycles. The summed E-state index contributed by atoms with van der Waals surface area (Å²) in [5, 5.41) is 7.54. The van der Waals surface area contributed by atoms with Crippen molar-refractivity contribution in [2.24, 2.45) is 5.10 Å². The first kappa shape index (κ1) is 18.4. The van der Waals surface area contributed by atoms with E-state index in [1.165, 1.54) is 0 Å². The standard InChI is InChI=1S/C21H18Cl2N2O/c1-2-20(18-11-10-16(22)13-19(18)23)24-25-21(26)12-15-8-5-7-14-6-3-4-9-17(14)15/h3-11,13H,2,12H2,1H3,(H,25,26)/b24-20+. The molecule has 0 aliphatic rings. The van der Waals surface area contributed by atoms with Crippen molar-refractivity contribution in [1.82, 2.24) is 5.43 Å². The molecule has 0 fully saturated rings. The highest BCUT2D eigenvalue weighted by atomic mass is 35.5. The first-order chi connectivity index (χ1) is 12.6. The zero-order chi connectivity index (χ0) is 18.5. The van der Waals surface area contributed by atoms with Crippen LogP contribution in [-0.4, -0.2) is 11.6 Å². The highest BCUT2D eigenvalue weighted by Gasteiger charge is 2.10. The molecule has 0 bridgehead atoms. The molecule has 1 amide bonds. The SMILES string of the molecule is CC/C(=N\NC(=O)Cc1cccc2ccccc12)c1ccc(Cl)cc1Cl. The number of benzene rings is 3. The van der Waals surface area contributed by atoms with Crippen LogP contribution in [0.1, 0.15) is 24.5 Å². The lowest BCUT2D eigenvalue weighted by Gasteiger charge is -2.09. The third-order valence-electron chi connectivity index (χ3n) is 4.12. The molecule has 0 aliphatic heterocycles. The van der Waals surface area contributed by atoms with Crippen molar-refractivity contribution in [1.29, 1.82) is 0 Å². The second-order valence-electron chi connectivity index (χ2n) is 5.89. The third kappa shape index (κ3) is 4.24. The van der Waals surface area contributed by atoms with Crippen LogP contribution in [0, 0.1) is 0 Å². The van der Waals surface area contributed by atoms with Gasteiger partial charge >= 0.3 is 0 Å². The average molecular weight is 385 g/mol. The van der Waals surface area contributed by atoms with Crippen molar-refractivity contribution >= 4 is 45.6 Å². The van der Waals surface area contributed by atoms with Crippen molar-refractivity contribution in [2.75, 3.05) is 0 Å². The fourth-order valence-electron chi connectivity index (χ4n) is 2.84. The van der Waals surface area contributed by atoms with Crippen LogP contribution in [0.3, 0.4) is 0 Å². The largest absolute Gasteiger partial charge is 0.273 e. The van der Waals surface area contributed by atoms with Gasteiger partial charge in [0.1, 0.15) is 0 Å². The van der Waals surface area contributed by atoms with E-state index < -0.39 is 0 Å². The molecule has 3 aromatic carbocycles. The monoisotopic (exact) mass is 384 g/mol. The Labute approximate surface area is 162 Å². The number of amides is 1. The van der Waals surface area contributed by atoms with Crippen LogP contribution in [0.5, 0.6) is 0 Å². The maximum atomic E-state index is 12.4. The third-order valence-corrected chi connectivity index (χ3v) is 4.67. The molecule has 0 unspecified atom stereocenters. The summed E-state index contributed by atoms with van der Waals surface area (Å²) in [6.45, 7) is 1.96. The van der Waals surface area contributed by atoms with Gasteiger partial charge in [0.05, 0.1) is 17.2 Å². The summed E-state index contributed by atoms with van der Waals surface area (Å²) in [7, 11) is 0. The fourth-order valence-corrected chi connectivity index (χ4v) is 3.36. The van der Waals surface area contributed by atoms with Gasteiger partial charge in [0, 0.05) is 10.6 Å². The maximum Gasteiger partial charge on any atom is 0.244 e. The van der Waals surface area contributed by atoms with Crippen LogP contribution >= 0.6 is 23.2 Å². The average Bonchev–Trinajstić information content (AvgIpc) is 2.64. The van der Waals surface area contributed by atoms with Crippen LogP contribution in [0.2, 0.25) is 10.0 Å². The molecule has 0 saturated carbocycles. The zero-order valence-electron chi connectivity index (χ0n) is 14.3. The van der Waals surface area contributed by atoms with E-state index >= 15 is 0 Å². The van der Waals surface area contributed by atoms with E-state index in [0.717, 1.165) is 21.9 Å². The molecule has 132 valence electrons. The Hall–Kier alpha value is -2.36. The minimum absolute atomic E-state index is 0.169. The van der Waals surface area contributed by atoms with Gasteiger partial charge in [-0.3, -0.25) is 4.79 Å². The molecule has 0 atom stereocenters. The summed E-state index contributed by atoms with van der Waals surface area (Å²) in [6, 6.07) is 19.2. The number of carbonyl (C=O) groups excluding carboxylic acids is 1. The molecule has 3 rings (SSSR count). The number of hydrogen-bond acceptors (Lipinski definition) is 2. The van der Waals surface area contributed by atoms with E-state index in [0.29, 0.717) is 22.2 Å². The first-order valence-electron chi connectivity index (χ1n) is 8.36. The second kappa shape index (κ2) is 8.35. The van der Waals surface area contributed by atoms with Gasteiger partial charge in [0.25, 0.3) is 0 Å². The van der Waals surface area contributed by atoms with E-state index in [2.05, 4.69) is 10.5 Å². The number of fused-ring (bicyclic) bond motifs is 1. The van der Waals surface area contributed by atoms with Gasteiger partial charge in [-0.25, -0.2) is 5.43 Å². The number of halogens is 2. The van der Waals surface area contributed by atoms with Gasteiger partial charge in [-0.2, -0.15) is 5.10 Å². The highest BCUT2D eigenvalue weighted by Crippen LogP contribution is 2.22. The lowest BCUT2D eigenvalue weighted by Crippen LogP contribution is -2.22. The Balaban J connectivity index is 1.77. The Morgan fingerprint density at radius 3 is 2.58 bits per heavy atom. The zero-order valence-corrected chi connectivity index (χ0v) is 15.8. The number of hydrazone groups is 1. The van der Waals surface area contributed by atoms with Crippen LogP contribution < -0.4 is 5.43 Å². The smallest absolute Gasteiger partial charge is 0.244 e. The fraction of sp³-hybridized carbons (Fsp3) is 0.143. The van der Waals surface area contributed by atoms with Crippen LogP contribution in [0.15, 0.2) is 65.8 Å². The van der Waals surface area contributed by atoms with Gasteiger partial charge in [0.2, 0.25) is 5.91 Å². The lowest BCUT2D eigenvalue weighted by molar-refractivity contribution is -0.120. The van der Waals surface area contributed by atoms with E-state index in [1.54, 1.807) is 12.1 Å². The molecule has 26 heavy (non-hydrogen) atoms. The number of rotatable bonds is 5. The minimum Gasteiger partial charge on any atom is -0.273 e. The molecular formula is C21H18Cl2N2O. The molecule has 0 spiro atoms. The summed E-state index contributed by atoms with van der Waals surface area (Å²) in [4.78, 5) is 12.4. The Morgan fingerprint density at radius 1 is 1.04 bits per heavy atom. The molecule has 1 N–H and O–H groups in total. The molecule has 0 radical (unpaired) electrons. The molecule has 0 aromatic heterocycles. The highest BCUT2D eigenvalue weighted by molar-refractivity contribution is 6.37. The summed E-state index contributed by atoms with van der Waals surface area (Å²) in [5.41, 5.74) is 5.09. The first-order valence-corrected chi connectivity index (χ1v) is 9.11. The quantitative estimate of drug-likeness (QED) is 0.450. The Morgan fingerprint density at radius 2 is 1.81 bits per heavy atom. The number of carbonyl (C=O) groups is 1. The van der Waals surface area contributed by atoms with Crippen LogP contribution in [0.4, 0.5) is 0 Å². The van der Waals surface area contributed by atoms with Crippen molar-refractivity contribution in [3.8, 4) is 0 Å². The lowest BCUT2D eigenvalue weighted by atomic mass is 10.0. The molecule has 0 heterocycles. The maximum absolute atomic E-state index is 12.4. The number of nitrogens with one attached hydrogen (secondary N) is 1. The Bertz CT molecular complexity index is 977. The van der Waals surface area contributed by atoms with Crippen molar-refractivity contribution in [2.45, 2.75) is 19.8 Å². The predicted octanol–water partition coefficient (Wildman–Crippen LogP) is 5.62. The summed E-state index contributed by atoms with van der Waals surface area (Å²) in [6.07, 6.45) is 0.895. The van der Waals surface area contributed by atoms with Gasteiger partial charge in [-0.05, 0) is 34.9 Å². The molecule has 3 aromatic rings. The van der Waals surface area contributed by atoms with Crippen molar-refractivity contribution in [3.05, 3.63) is 81.8 Å². The van der Waals surface area contributed by atoms with Gasteiger partial charge < -0.3 is 0 Å². The van der Waals surface area contributed by atoms with E-state index in [4.69, 9.17) is 23.2 Å². The summed E-state index contributed by atoms with van der Waals surface area (Å²) in [5.74, 6) is -0.169. The van der Waals surface area contributed by atoms with E-state index in [-0.39, 0.29) is 12.3 Å². The normalized spacial score (nSPS) is 11.6. The van der Waals surface area contributed by atoms with E-state index in [9.17, 15) is 4.79 Å². The van der Waals surface area contributed by atoms with E-state index in [1.807, 2.05) is 55.5 Å². The topological polar surface area (TPSA) is 41.5 Å². The van der Waals surface area contributed by atoms with Crippen molar-refractivity contribution in [3.63, 3.8) is 0 Å². The molecule has 5 heteroatoms. The Kier molecular flexibility index (Phi) is 5.92. The molecule has 0 aliphatic carbocycles. The predicted molar refractivity (Wildman–Crippen MR) is 109 cm³/mol. The molecular weight excluding hydrogens is 367 g/mol. The van der Waals surface area contributed by atoms with Crippen molar-refractivity contribution < 1.29 is 4.79 Å². The number of hydrogen-bond donors (Lipinski definition) is 1. The summed E-state index contributed by atoms with van der Waals surface area (Å²) < 4.78 is 0. The van der Waals surface area contributed by atoms with Gasteiger partial charge in [-0.15, -0.1) is 0 Å². The summed E-state index contributed by atoms with van der Waals surface area (Å²) >= 11 is 12.2.